The Morgan fingerprint density at radius 1 is 0.864 bits per heavy atom. The van der Waals surface area contributed by atoms with Gasteiger partial charge in [-0.15, -0.1) is 0 Å². The van der Waals surface area contributed by atoms with Crippen molar-refractivity contribution in [1.82, 2.24) is 0 Å². The zero-order valence-corrected chi connectivity index (χ0v) is 12.0. The molecule has 3 aromatic carbocycles. The largest absolute Gasteiger partial charge is 0.507 e. The topological polar surface area (TPSA) is 57.5 Å². The molecule has 3 rings (SSSR count). The summed E-state index contributed by atoms with van der Waals surface area (Å²) < 4.78 is 0. The van der Waals surface area contributed by atoms with Gasteiger partial charge in [0.05, 0.1) is 5.56 Å². The van der Waals surface area contributed by atoms with Gasteiger partial charge in [0, 0.05) is 17.2 Å². The number of fused-ring (bicyclic) bond motifs is 1. The van der Waals surface area contributed by atoms with Crippen molar-refractivity contribution in [2.24, 2.45) is 0 Å². The first-order chi connectivity index (χ1) is 10.7. The molecule has 0 atom stereocenters. The number of hydrogen-bond acceptors (Lipinski definition) is 3. The van der Waals surface area contributed by atoms with Crippen LogP contribution in [0.1, 0.15) is 22.3 Å². The summed E-state index contributed by atoms with van der Waals surface area (Å²) in [4.78, 5) is 12.4. The van der Waals surface area contributed by atoms with Crippen LogP contribution in [-0.4, -0.2) is 16.0 Å². The molecule has 0 aliphatic heterocycles. The van der Waals surface area contributed by atoms with Crippen molar-refractivity contribution in [3.05, 3.63) is 71.8 Å². The molecule has 0 fully saturated rings. The molecule has 0 aliphatic carbocycles. The molecule has 2 N–H and O–H groups in total. The average Bonchev–Trinajstić information content (AvgIpc) is 2.57. The van der Waals surface area contributed by atoms with Crippen molar-refractivity contribution < 1.29 is 15.0 Å². The minimum absolute atomic E-state index is 0.0106. The first-order valence-corrected chi connectivity index (χ1v) is 7.17. The van der Waals surface area contributed by atoms with Gasteiger partial charge in [-0.3, -0.25) is 4.79 Å². The third-order valence-electron chi connectivity index (χ3n) is 3.78. The number of carbonyl (C=O) groups is 1. The summed E-state index contributed by atoms with van der Waals surface area (Å²) in [5.74, 6) is -0.231. The second-order valence-electron chi connectivity index (χ2n) is 5.25. The molecule has 0 radical (unpaired) electrons. The van der Waals surface area contributed by atoms with Gasteiger partial charge in [0.25, 0.3) is 0 Å². The number of benzene rings is 3. The summed E-state index contributed by atoms with van der Waals surface area (Å²) in [6, 6.07) is 18.0. The van der Waals surface area contributed by atoms with E-state index >= 15 is 0 Å². The Bertz CT molecular complexity index is 823. The van der Waals surface area contributed by atoms with Crippen molar-refractivity contribution >= 4 is 16.6 Å². The van der Waals surface area contributed by atoms with Crippen LogP contribution in [0, 0.1) is 0 Å². The Morgan fingerprint density at radius 3 is 2.23 bits per heavy atom. The van der Waals surface area contributed by atoms with Crippen LogP contribution in [0.3, 0.4) is 0 Å². The highest BCUT2D eigenvalue weighted by Crippen LogP contribution is 2.35. The predicted octanol–water partition coefficient (Wildman–Crippen LogP) is 4.07. The third-order valence-corrected chi connectivity index (χ3v) is 3.78. The van der Waals surface area contributed by atoms with E-state index in [9.17, 15) is 15.0 Å². The van der Waals surface area contributed by atoms with E-state index < -0.39 is 0 Å². The van der Waals surface area contributed by atoms with Gasteiger partial charge in [0.2, 0.25) is 0 Å². The van der Waals surface area contributed by atoms with Crippen molar-refractivity contribution in [2.45, 2.75) is 12.8 Å². The van der Waals surface area contributed by atoms with Crippen molar-refractivity contribution in [1.29, 1.82) is 0 Å². The van der Waals surface area contributed by atoms with Gasteiger partial charge in [0.15, 0.2) is 5.78 Å². The molecule has 22 heavy (non-hydrogen) atoms. The summed E-state index contributed by atoms with van der Waals surface area (Å²) in [5.41, 5.74) is 1.24. The van der Waals surface area contributed by atoms with Gasteiger partial charge in [0.1, 0.15) is 11.5 Å². The van der Waals surface area contributed by atoms with E-state index in [1.54, 1.807) is 24.3 Å². The Labute approximate surface area is 128 Å². The molecule has 0 bridgehead atoms. The summed E-state index contributed by atoms with van der Waals surface area (Å²) >= 11 is 0. The number of phenolic OH excluding ortho intramolecular Hbond substituents is 2. The maximum absolute atomic E-state index is 12.4. The van der Waals surface area contributed by atoms with Crippen LogP contribution in [0.15, 0.2) is 60.7 Å². The standard InChI is InChI=1S/C19H16O3/c20-17(11-10-13-6-2-1-3-7-13)16-12-18(21)14-8-4-5-9-15(14)19(16)22/h1-9,12,21-22H,10-11H2. The minimum atomic E-state index is -0.178. The lowest BCUT2D eigenvalue weighted by atomic mass is 9.98. The number of rotatable bonds is 4. The lowest BCUT2D eigenvalue weighted by Crippen LogP contribution is -2.02. The Hall–Kier alpha value is -2.81. The van der Waals surface area contributed by atoms with Crippen molar-refractivity contribution in [3.8, 4) is 11.5 Å². The maximum atomic E-state index is 12.4. The fourth-order valence-electron chi connectivity index (χ4n) is 2.59. The molecular formula is C19H16O3. The molecule has 0 heterocycles. The van der Waals surface area contributed by atoms with Gasteiger partial charge in [-0.2, -0.15) is 0 Å². The second-order valence-corrected chi connectivity index (χ2v) is 5.25. The van der Waals surface area contributed by atoms with Crippen LogP contribution < -0.4 is 0 Å². The van der Waals surface area contributed by atoms with Gasteiger partial charge < -0.3 is 10.2 Å². The zero-order valence-electron chi connectivity index (χ0n) is 12.0. The van der Waals surface area contributed by atoms with Crippen molar-refractivity contribution in [2.75, 3.05) is 0 Å². The van der Waals surface area contributed by atoms with E-state index in [2.05, 4.69) is 0 Å². The first kappa shape index (κ1) is 14.1. The summed E-state index contributed by atoms with van der Waals surface area (Å²) in [6.45, 7) is 0. The molecule has 3 aromatic rings. The smallest absolute Gasteiger partial charge is 0.167 e. The minimum Gasteiger partial charge on any atom is -0.507 e. The van der Waals surface area contributed by atoms with E-state index in [0.29, 0.717) is 17.2 Å². The Morgan fingerprint density at radius 2 is 1.50 bits per heavy atom. The number of aryl methyl sites for hydroxylation is 1. The van der Waals surface area contributed by atoms with Gasteiger partial charge >= 0.3 is 0 Å². The number of Topliss-reactive ketones (excluding diaryl/α,β-unsaturated/α-hetero) is 1. The summed E-state index contributed by atoms with van der Waals surface area (Å²) in [5, 5.41) is 21.4. The van der Waals surface area contributed by atoms with Crippen LogP contribution >= 0.6 is 0 Å². The second kappa shape index (κ2) is 5.90. The SMILES string of the molecule is O=C(CCc1ccccc1)c1cc(O)c2ccccc2c1O. The van der Waals surface area contributed by atoms with Gasteiger partial charge in [-0.25, -0.2) is 0 Å². The number of phenols is 2. The summed E-state index contributed by atoms with van der Waals surface area (Å²) in [7, 11) is 0. The fourth-order valence-corrected chi connectivity index (χ4v) is 2.59. The van der Waals surface area contributed by atoms with Gasteiger partial charge in [-0.05, 0) is 18.1 Å². The van der Waals surface area contributed by atoms with Crippen LogP contribution in [0.25, 0.3) is 10.8 Å². The molecular weight excluding hydrogens is 276 g/mol. The average molecular weight is 292 g/mol. The highest BCUT2D eigenvalue weighted by molar-refractivity contribution is 6.06. The lowest BCUT2D eigenvalue weighted by molar-refractivity contribution is 0.0980. The Balaban J connectivity index is 1.89. The van der Waals surface area contributed by atoms with E-state index in [4.69, 9.17) is 0 Å². The molecule has 0 saturated carbocycles. The normalized spacial score (nSPS) is 10.7. The highest BCUT2D eigenvalue weighted by atomic mass is 16.3. The molecule has 3 heteroatoms. The van der Waals surface area contributed by atoms with E-state index in [1.165, 1.54) is 6.07 Å². The number of ketones is 1. The fraction of sp³-hybridized carbons (Fsp3) is 0.105. The van der Waals surface area contributed by atoms with Crippen LogP contribution in [-0.2, 0) is 6.42 Å². The van der Waals surface area contributed by atoms with Crippen LogP contribution in [0.2, 0.25) is 0 Å². The lowest BCUT2D eigenvalue weighted by Gasteiger charge is -2.09. The molecule has 0 amide bonds. The van der Waals surface area contributed by atoms with Crippen molar-refractivity contribution in [3.63, 3.8) is 0 Å². The molecule has 110 valence electrons. The monoisotopic (exact) mass is 292 g/mol. The predicted molar refractivity (Wildman–Crippen MR) is 86.4 cm³/mol. The van der Waals surface area contributed by atoms with E-state index in [0.717, 1.165) is 5.56 Å². The molecule has 0 aliphatic rings. The number of hydrogen-bond donors (Lipinski definition) is 2. The molecule has 0 spiro atoms. The Kier molecular flexibility index (Phi) is 3.79. The number of carbonyl (C=O) groups excluding carboxylic acids is 1. The van der Waals surface area contributed by atoms with E-state index in [-0.39, 0.29) is 29.3 Å². The van der Waals surface area contributed by atoms with Gasteiger partial charge in [-0.1, -0.05) is 54.6 Å². The van der Waals surface area contributed by atoms with Crippen LogP contribution in [0.5, 0.6) is 11.5 Å². The molecule has 0 saturated heterocycles. The molecule has 3 nitrogen and oxygen atoms in total. The number of aromatic hydroxyl groups is 2. The third kappa shape index (κ3) is 2.66. The first-order valence-electron chi connectivity index (χ1n) is 7.17. The molecule has 0 unspecified atom stereocenters. The van der Waals surface area contributed by atoms with Crippen LogP contribution in [0.4, 0.5) is 0 Å². The van der Waals surface area contributed by atoms with E-state index in [1.807, 2.05) is 30.3 Å². The molecule has 0 aromatic heterocycles. The zero-order chi connectivity index (χ0) is 15.5. The summed E-state index contributed by atoms with van der Waals surface area (Å²) in [6.07, 6.45) is 0.891. The quantitative estimate of drug-likeness (QED) is 0.563. The highest BCUT2D eigenvalue weighted by Gasteiger charge is 2.16. The maximum Gasteiger partial charge on any atom is 0.167 e.